The van der Waals surface area contributed by atoms with Gasteiger partial charge in [-0.2, -0.15) is 11.8 Å². The highest BCUT2D eigenvalue weighted by atomic mass is 32.2. The van der Waals surface area contributed by atoms with Gasteiger partial charge in [0.1, 0.15) is 0 Å². The van der Waals surface area contributed by atoms with Gasteiger partial charge in [0.15, 0.2) is 0 Å². The highest BCUT2D eigenvalue weighted by Crippen LogP contribution is 2.24. The van der Waals surface area contributed by atoms with Crippen LogP contribution in [0.1, 0.15) is 37.8 Å². The van der Waals surface area contributed by atoms with Crippen molar-refractivity contribution in [2.75, 3.05) is 24.7 Å². The van der Waals surface area contributed by atoms with Crippen molar-refractivity contribution in [2.45, 2.75) is 37.5 Å². The minimum atomic E-state index is -0.115. The van der Waals surface area contributed by atoms with Gasteiger partial charge in [0.2, 0.25) is 0 Å². The average Bonchev–Trinajstić information content (AvgIpc) is 2.54. The largest absolute Gasteiger partial charge is 0.337 e. The molecule has 2 unspecified atom stereocenters. The van der Waals surface area contributed by atoms with Gasteiger partial charge in [-0.25, -0.2) is 4.79 Å². The van der Waals surface area contributed by atoms with Crippen LogP contribution in [-0.4, -0.2) is 30.6 Å². The molecule has 0 radical (unpaired) electrons. The van der Waals surface area contributed by atoms with Gasteiger partial charge < -0.3 is 16.0 Å². The normalized spacial score (nSPS) is 19.8. The van der Waals surface area contributed by atoms with Crippen LogP contribution in [-0.2, 0) is 0 Å². The van der Waals surface area contributed by atoms with E-state index >= 15 is 0 Å². The highest BCUT2D eigenvalue weighted by molar-refractivity contribution is 7.99. The minimum absolute atomic E-state index is 0.115. The van der Waals surface area contributed by atoms with Crippen molar-refractivity contribution in [2.24, 2.45) is 0 Å². The van der Waals surface area contributed by atoms with Gasteiger partial charge in [-0.05, 0) is 50.3 Å². The zero-order valence-corrected chi connectivity index (χ0v) is 13.6. The lowest BCUT2D eigenvalue weighted by Crippen LogP contribution is -2.35. The zero-order valence-electron chi connectivity index (χ0n) is 12.8. The first-order valence-corrected chi connectivity index (χ1v) is 8.67. The Kier molecular flexibility index (Phi) is 6.39. The molecule has 1 aliphatic rings. The minimum Gasteiger partial charge on any atom is -0.337 e. The first kappa shape index (κ1) is 16.2. The summed E-state index contributed by atoms with van der Waals surface area (Å²) in [5.41, 5.74) is 2.04. The van der Waals surface area contributed by atoms with Crippen LogP contribution in [0.25, 0.3) is 0 Å². The van der Waals surface area contributed by atoms with Gasteiger partial charge in [-0.1, -0.05) is 18.6 Å². The maximum Gasteiger partial charge on any atom is 0.319 e. The molecule has 21 heavy (non-hydrogen) atoms. The van der Waals surface area contributed by atoms with Crippen LogP contribution >= 0.6 is 11.8 Å². The molecule has 0 spiro atoms. The van der Waals surface area contributed by atoms with Gasteiger partial charge in [-0.15, -0.1) is 0 Å². The molecule has 1 fully saturated rings. The number of urea groups is 1. The standard InChI is InChI=1S/C16H25N3OS/c1-12(17-2)13-6-8-14(9-7-13)19-16(20)18-11-15-5-3-4-10-21-15/h6-9,12,15,17H,3-5,10-11H2,1-2H3,(H2,18,19,20). The molecule has 1 aliphatic heterocycles. The molecule has 2 rings (SSSR count). The van der Waals surface area contributed by atoms with E-state index in [4.69, 9.17) is 0 Å². The number of nitrogens with one attached hydrogen (secondary N) is 3. The van der Waals surface area contributed by atoms with Crippen molar-refractivity contribution in [3.63, 3.8) is 0 Å². The number of anilines is 1. The lowest BCUT2D eigenvalue weighted by molar-refractivity contribution is 0.252. The number of carbonyl (C=O) groups excluding carboxylic acids is 1. The van der Waals surface area contributed by atoms with Crippen LogP contribution in [0.2, 0.25) is 0 Å². The van der Waals surface area contributed by atoms with E-state index in [1.54, 1.807) is 0 Å². The van der Waals surface area contributed by atoms with Crippen molar-refractivity contribution >= 4 is 23.5 Å². The Labute approximate surface area is 131 Å². The summed E-state index contributed by atoms with van der Waals surface area (Å²) in [6.45, 7) is 2.86. The fraction of sp³-hybridized carbons (Fsp3) is 0.562. The summed E-state index contributed by atoms with van der Waals surface area (Å²) in [5, 5.41) is 9.62. The van der Waals surface area contributed by atoms with E-state index < -0.39 is 0 Å². The molecule has 1 heterocycles. The number of hydrogen-bond acceptors (Lipinski definition) is 3. The van der Waals surface area contributed by atoms with E-state index in [1.807, 2.05) is 43.1 Å². The van der Waals surface area contributed by atoms with Crippen molar-refractivity contribution in [1.29, 1.82) is 0 Å². The van der Waals surface area contributed by atoms with E-state index in [9.17, 15) is 4.79 Å². The lowest BCUT2D eigenvalue weighted by atomic mass is 10.1. The maximum atomic E-state index is 11.9. The molecule has 0 aliphatic carbocycles. The Hall–Kier alpha value is -1.20. The number of thioether (sulfide) groups is 1. The van der Waals surface area contributed by atoms with Crippen LogP contribution in [0.5, 0.6) is 0 Å². The molecular weight excluding hydrogens is 282 g/mol. The van der Waals surface area contributed by atoms with Crippen molar-refractivity contribution in [3.05, 3.63) is 29.8 Å². The maximum absolute atomic E-state index is 11.9. The fourth-order valence-electron chi connectivity index (χ4n) is 2.37. The molecular formula is C16H25N3OS. The molecule has 5 heteroatoms. The number of hydrogen-bond donors (Lipinski definition) is 3. The summed E-state index contributed by atoms with van der Waals surface area (Å²) in [5.74, 6) is 1.22. The van der Waals surface area contributed by atoms with Gasteiger partial charge >= 0.3 is 6.03 Å². The van der Waals surface area contributed by atoms with Crippen molar-refractivity contribution in [1.82, 2.24) is 10.6 Å². The first-order chi connectivity index (χ1) is 10.2. The summed E-state index contributed by atoms with van der Waals surface area (Å²) < 4.78 is 0. The first-order valence-electron chi connectivity index (χ1n) is 7.62. The average molecular weight is 307 g/mol. The Morgan fingerprint density at radius 1 is 1.33 bits per heavy atom. The summed E-state index contributed by atoms with van der Waals surface area (Å²) >= 11 is 1.97. The van der Waals surface area contributed by atoms with Gasteiger partial charge in [-0.3, -0.25) is 0 Å². The number of carbonyl (C=O) groups is 1. The summed E-state index contributed by atoms with van der Waals surface area (Å²) in [7, 11) is 1.94. The number of rotatable bonds is 5. The lowest BCUT2D eigenvalue weighted by Gasteiger charge is -2.21. The van der Waals surface area contributed by atoms with Crippen LogP contribution in [0.4, 0.5) is 10.5 Å². The molecule has 1 aromatic rings. The second-order valence-electron chi connectivity index (χ2n) is 5.46. The SMILES string of the molecule is CNC(C)c1ccc(NC(=O)NCC2CCCCS2)cc1. The summed E-state index contributed by atoms with van der Waals surface area (Å²) in [4.78, 5) is 11.9. The molecule has 116 valence electrons. The van der Waals surface area contributed by atoms with Crippen LogP contribution in [0.15, 0.2) is 24.3 Å². The Bertz CT molecular complexity index is 443. The van der Waals surface area contributed by atoms with E-state index in [0.717, 1.165) is 12.2 Å². The second kappa shape index (κ2) is 8.29. The van der Waals surface area contributed by atoms with E-state index in [0.29, 0.717) is 11.3 Å². The quantitative estimate of drug-likeness (QED) is 0.782. The molecule has 0 bridgehead atoms. The molecule has 2 atom stereocenters. The molecule has 1 aromatic carbocycles. The summed E-state index contributed by atoms with van der Waals surface area (Å²) in [6.07, 6.45) is 3.80. The van der Waals surface area contributed by atoms with Crippen LogP contribution in [0.3, 0.4) is 0 Å². The Morgan fingerprint density at radius 2 is 2.10 bits per heavy atom. The molecule has 2 amide bonds. The Balaban J connectivity index is 1.76. The van der Waals surface area contributed by atoms with Gasteiger partial charge in [0, 0.05) is 23.5 Å². The monoisotopic (exact) mass is 307 g/mol. The third-order valence-electron chi connectivity index (χ3n) is 3.87. The number of benzene rings is 1. The molecule has 0 saturated carbocycles. The number of amides is 2. The molecule has 3 N–H and O–H groups in total. The predicted octanol–water partition coefficient (Wildman–Crippen LogP) is 3.37. The predicted molar refractivity (Wildman–Crippen MR) is 91.0 cm³/mol. The van der Waals surface area contributed by atoms with Gasteiger partial charge in [0.05, 0.1) is 0 Å². The molecule has 4 nitrogen and oxygen atoms in total. The zero-order chi connectivity index (χ0) is 15.1. The Morgan fingerprint density at radius 3 is 2.71 bits per heavy atom. The van der Waals surface area contributed by atoms with Gasteiger partial charge in [0.25, 0.3) is 0 Å². The van der Waals surface area contributed by atoms with E-state index in [2.05, 4.69) is 22.9 Å². The van der Waals surface area contributed by atoms with Crippen LogP contribution in [0, 0.1) is 0 Å². The van der Waals surface area contributed by atoms with Crippen molar-refractivity contribution < 1.29 is 4.79 Å². The van der Waals surface area contributed by atoms with E-state index in [1.165, 1.54) is 30.6 Å². The third kappa shape index (κ3) is 5.25. The summed E-state index contributed by atoms with van der Waals surface area (Å²) in [6, 6.07) is 8.16. The third-order valence-corrected chi connectivity index (χ3v) is 5.26. The topological polar surface area (TPSA) is 53.2 Å². The highest BCUT2D eigenvalue weighted by Gasteiger charge is 2.14. The molecule has 0 aromatic heterocycles. The van der Waals surface area contributed by atoms with Crippen LogP contribution < -0.4 is 16.0 Å². The molecule has 1 saturated heterocycles. The second-order valence-corrected chi connectivity index (χ2v) is 6.86. The van der Waals surface area contributed by atoms with Crippen molar-refractivity contribution in [3.8, 4) is 0 Å². The smallest absolute Gasteiger partial charge is 0.319 e. The fourth-order valence-corrected chi connectivity index (χ4v) is 3.61. The van der Waals surface area contributed by atoms with E-state index in [-0.39, 0.29) is 6.03 Å².